The molecule has 2 fully saturated rings. The summed E-state index contributed by atoms with van der Waals surface area (Å²) in [7, 11) is 0. The second-order valence-corrected chi connectivity index (χ2v) is 5.26. The molecule has 0 saturated heterocycles. The molecule has 0 aromatic heterocycles. The van der Waals surface area contributed by atoms with E-state index in [2.05, 4.69) is 0 Å². The van der Waals surface area contributed by atoms with Gasteiger partial charge in [-0.15, -0.1) is 0 Å². The molecule has 2 aliphatic rings. The van der Waals surface area contributed by atoms with Crippen molar-refractivity contribution in [2.24, 2.45) is 11.7 Å². The summed E-state index contributed by atoms with van der Waals surface area (Å²) < 4.78 is 0. The van der Waals surface area contributed by atoms with E-state index >= 15 is 0 Å². The van der Waals surface area contributed by atoms with Crippen molar-refractivity contribution < 1.29 is 0 Å². The van der Waals surface area contributed by atoms with Crippen LogP contribution < -0.4 is 5.73 Å². The lowest BCUT2D eigenvalue weighted by Crippen LogP contribution is -2.21. The zero-order chi connectivity index (χ0) is 9.15. The van der Waals surface area contributed by atoms with Crippen molar-refractivity contribution >= 4 is 0 Å². The van der Waals surface area contributed by atoms with Crippen LogP contribution in [-0.2, 0) is 0 Å². The Morgan fingerprint density at radius 3 is 2.38 bits per heavy atom. The molecule has 2 N–H and O–H groups in total. The van der Waals surface area contributed by atoms with Gasteiger partial charge in [-0.1, -0.05) is 44.9 Å². The molecular weight excluding hydrogens is 158 g/mol. The average Bonchev–Trinajstić information content (AvgIpc) is 2.86. The molecule has 0 aromatic carbocycles. The van der Waals surface area contributed by atoms with E-state index in [1.54, 1.807) is 0 Å². The molecule has 0 radical (unpaired) electrons. The molecule has 0 unspecified atom stereocenters. The molecule has 0 bridgehead atoms. The summed E-state index contributed by atoms with van der Waals surface area (Å²) in [6, 6.07) is 0. The van der Waals surface area contributed by atoms with Crippen molar-refractivity contribution in [3.05, 3.63) is 0 Å². The maximum Gasteiger partial charge on any atom is 0.0155 e. The minimum atomic E-state index is 0.300. The number of hydrogen-bond acceptors (Lipinski definition) is 1. The van der Waals surface area contributed by atoms with Gasteiger partial charge in [0.15, 0.2) is 0 Å². The van der Waals surface area contributed by atoms with E-state index in [9.17, 15) is 0 Å². The van der Waals surface area contributed by atoms with Crippen LogP contribution in [0.3, 0.4) is 0 Å². The summed E-state index contributed by atoms with van der Waals surface area (Å²) in [5, 5.41) is 0. The van der Waals surface area contributed by atoms with Gasteiger partial charge in [0.05, 0.1) is 0 Å². The monoisotopic (exact) mass is 181 g/mol. The van der Waals surface area contributed by atoms with Gasteiger partial charge in [0.1, 0.15) is 0 Å². The maximum absolute atomic E-state index is 6.06. The van der Waals surface area contributed by atoms with E-state index in [-0.39, 0.29) is 0 Å². The van der Waals surface area contributed by atoms with Crippen LogP contribution >= 0.6 is 0 Å². The Morgan fingerprint density at radius 2 is 1.77 bits per heavy atom. The summed E-state index contributed by atoms with van der Waals surface area (Å²) in [5.74, 6) is 1.05. The largest absolute Gasteiger partial charge is 0.325 e. The zero-order valence-electron chi connectivity index (χ0n) is 8.73. The Kier molecular flexibility index (Phi) is 2.92. The van der Waals surface area contributed by atoms with Gasteiger partial charge in [0.25, 0.3) is 0 Å². The fourth-order valence-electron chi connectivity index (χ4n) is 2.63. The van der Waals surface area contributed by atoms with Crippen LogP contribution in [0.1, 0.15) is 64.2 Å². The number of nitrogens with two attached hydrogens (primary N) is 1. The van der Waals surface area contributed by atoms with Gasteiger partial charge < -0.3 is 5.73 Å². The third-order valence-electron chi connectivity index (χ3n) is 3.90. The predicted octanol–water partition coefficient (Wildman–Crippen LogP) is 3.23. The highest BCUT2D eigenvalue weighted by atomic mass is 14.8. The molecule has 2 aliphatic carbocycles. The molecule has 0 aromatic rings. The van der Waals surface area contributed by atoms with Gasteiger partial charge in [-0.05, 0) is 25.2 Å². The summed E-state index contributed by atoms with van der Waals surface area (Å²) in [5.41, 5.74) is 6.36. The molecule has 2 saturated carbocycles. The minimum absolute atomic E-state index is 0.300. The van der Waals surface area contributed by atoms with E-state index < -0.39 is 0 Å². The highest BCUT2D eigenvalue weighted by molar-refractivity contribution is 4.98. The lowest BCUT2D eigenvalue weighted by Gasteiger charge is -2.21. The van der Waals surface area contributed by atoms with E-state index in [1.165, 1.54) is 64.2 Å². The zero-order valence-corrected chi connectivity index (χ0v) is 8.73. The summed E-state index contributed by atoms with van der Waals surface area (Å²) in [6.45, 7) is 0. The third kappa shape index (κ3) is 2.98. The molecule has 13 heavy (non-hydrogen) atoms. The van der Waals surface area contributed by atoms with Crippen LogP contribution in [-0.4, -0.2) is 5.54 Å². The molecule has 76 valence electrons. The van der Waals surface area contributed by atoms with E-state index in [0.717, 1.165) is 5.92 Å². The van der Waals surface area contributed by atoms with Crippen molar-refractivity contribution in [1.82, 2.24) is 0 Å². The molecule has 1 nitrogen and oxygen atoms in total. The summed E-state index contributed by atoms with van der Waals surface area (Å²) >= 11 is 0. The third-order valence-corrected chi connectivity index (χ3v) is 3.90. The Labute approximate surface area is 82.1 Å². The first-order valence-electron chi connectivity index (χ1n) is 6.07. The first kappa shape index (κ1) is 9.51. The minimum Gasteiger partial charge on any atom is -0.325 e. The Balaban J connectivity index is 1.56. The molecular formula is C12H23N. The number of rotatable bonds is 4. The van der Waals surface area contributed by atoms with Crippen LogP contribution in [0.5, 0.6) is 0 Å². The molecule has 2 rings (SSSR count). The van der Waals surface area contributed by atoms with E-state index in [4.69, 9.17) is 5.73 Å². The smallest absolute Gasteiger partial charge is 0.0155 e. The fourth-order valence-corrected chi connectivity index (χ4v) is 2.63. The van der Waals surface area contributed by atoms with Gasteiger partial charge in [0.2, 0.25) is 0 Å². The van der Waals surface area contributed by atoms with Crippen LogP contribution in [0.2, 0.25) is 0 Å². The van der Waals surface area contributed by atoms with Crippen molar-refractivity contribution in [2.45, 2.75) is 69.7 Å². The van der Waals surface area contributed by atoms with Gasteiger partial charge >= 0.3 is 0 Å². The lowest BCUT2D eigenvalue weighted by atomic mass is 9.85. The summed E-state index contributed by atoms with van der Waals surface area (Å²) in [6.07, 6.45) is 14.2. The predicted molar refractivity (Wildman–Crippen MR) is 56.6 cm³/mol. The Hall–Kier alpha value is -0.0400. The quantitative estimate of drug-likeness (QED) is 0.708. The number of hydrogen-bond donors (Lipinski definition) is 1. The lowest BCUT2D eigenvalue weighted by molar-refractivity contribution is 0.324. The molecule has 0 heterocycles. The fraction of sp³-hybridized carbons (Fsp3) is 1.00. The first-order chi connectivity index (χ1) is 6.29. The normalized spacial score (nSPS) is 27.5. The van der Waals surface area contributed by atoms with E-state index in [1.807, 2.05) is 0 Å². The molecule has 0 aliphatic heterocycles. The topological polar surface area (TPSA) is 26.0 Å². The molecule has 0 spiro atoms. The Bertz CT molecular complexity index is 155. The highest BCUT2D eigenvalue weighted by Crippen LogP contribution is 2.38. The molecule has 0 atom stereocenters. The SMILES string of the molecule is NC1(CCCC2CCCCC2)CC1. The van der Waals surface area contributed by atoms with Crippen molar-refractivity contribution in [1.29, 1.82) is 0 Å². The van der Waals surface area contributed by atoms with Gasteiger partial charge in [-0.2, -0.15) is 0 Å². The molecule has 0 amide bonds. The molecule has 1 heteroatoms. The van der Waals surface area contributed by atoms with Crippen LogP contribution in [0, 0.1) is 5.92 Å². The first-order valence-corrected chi connectivity index (χ1v) is 6.07. The van der Waals surface area contributed by atoms with Crippen LogP contribution in [0.4, 0.5) is 0 Å². The maximum atomic E-state index is 6.06. The van der Waals surface area contributed by atoms with Crippen molar-refractivity contribution in [3.63, 3.8) is 0 Å². The Morgan fingerprint density at radius 1 is 1.08 bits per heavy atom. The van der Waals surface area contributed by atoms with Gasteiger partial charge in [0, 0.05) is 5.54 Å². The van der Waals surface area contributed by atoms with Gasteiger partial charge in [-0.3, -0.25) is 0 Å². The van der Waals surface area contributed by atoms with Gasteiger partial charge in [-0.25, -0.2) is 0 Å². The second-order valence-electron chi connectivity index (χ2n) is 5.26. The van der Waals surface area contributed by atoms with Crippen LogP contribution in [0.15, 0.2) is 0 Å². The summed E-state index contributed by atoms with van der Waals surface area (Å²) in [4.78, 5) is 0. The second kappa shape index (κ2) is 4.00. The highest BCUT2D eigenvalue weighted by Gasteiger charge is 2.37. The van der Waals surface area contributed by atoms with Crippen LogP contribution in [0.25, 0.3) is 0 Å². The average molecular weight is 181 g/mol. The van der Waals surface area contributed by atoms with E-state index in [0.29, 0.717) is 5.54 Å². The standard InChI is InChI=1S/C12H23N/c13-12(9-10-12)8-4-7-11-5-2-1-3-6-11/h11H,1-10,13H2. The van der Waals surface area contributed by atoms with Crippen molar-refractivity contribution in [3.8, 4) is 0 Å². The van der Waals surface area contributed by atoms with Crippen molar-refractivity contribution in [2.75, 3.05) is 0 Å².